The van der Waals surface area contributed by atoms with Crippen molar-refractivity contribution in [3.05, 3.63) is 66.2 Å². The van der Waals surface area contributed by atoms with Crippen LogP contribution in [0.1, 0.15) is 11.1 Å². The number of phenols is 1. The number of aromatic hydroxyl groups is 1. The van der Waals surface area contributed by atoms with Gasteiger partial charge in [-0.2, -0.15) is 5.26 Å². The van der Waals surface area contributed by atoms with E-state index in [0.717, 1.165) is 17.5 Å². The smallest absolute Gasteiger partial charge is 0.133 e. The molecule has 18 heavy (non-hydrogen) atoms. The van der Waals surface area contributed by atoms with Crippen molar-refractivity contribution in [3.8, 4) is 22.9 Å². The molecule has 0 unspecified atom stereocenters. The first-order valence-electron chi connectivity index (χ1n) is 5.68. The molecule has 0 aliphatic rings. The standard InChI is InChI=1S/C16H13NO/c1-2-4-12-7-9-13(10-8-12)14-5-3-6-16(18)15(14)11-17/h2-3,5-10,18H,1,4H2. The summed E-state index contributed by atoms with van der Waals surface area (Å²) in [5.41, 5.74) is 3.17. The molecule has 0 saturated heterocycles. The van der Waals surface area contributed by atoms with E-state index in [-0.39, 0.29) is 5.75 Å². The average molecular weight is 235 g/mol. The summed E-state index contributed by atoms with van der Waals surface area (Å²) in [7, 11) is 0. The van der Waals surface area contributed by atoms with Gasteiger partial charge in [-0.15, -0.1) is 6.58 Å². The van der Waals surface area contributed by atoms with Crippen LogP contribution in [0.15, 0.2) is 55.1 Å². The van der Waals surface area contributed by atoms with E-state index in [2.05, 4.69) is 6.58 Å². The van der Waals surface area contributed by atoms with Crippen molar-refractivity contribution in [2.24, 2.45) is 0 Å². The van der Waals surface area contributed by atoms with Crippen LogP contribution in [-0.2, 0) is 6.42 Å². The van der Waals surface area contributed by atoms with Crippen molar-refractivity contribution in [2.75, 3.05) is 0 Å². The van der Waals surface area contributed by atoms with Crippen LogP contribution in [0.4, 0.5) is 0 Å². The lowest BCUT2D eigenvalue weighted by Crippen LogP contribution is -1.86. The third-order valence-corrected chi connectivity index (χ3v) is 2.80. The molecule has 2 aromatic rings. The zero-order valence-corrected chi connectivity index (χ0v) is 9.93. The molecule has 0 bridgehead atoms. The fourth-order valence-corrected chi connectivity index (χ4v) is 1.89. The van der Waals surface area contributed by atoms with E-state index in [0.29, 0.717) is 5.56 Å². The van der Waals surface area contributed by atoms with Crippen molar-refractivity contribution in [1.82, 2.24) is 0 Å². The summed E-state index contributed by atoms with van der Waals surface area (Å²) in [5, 5.41) is 18.7. The summed E-state index contributed by atoms with van der Waals surface area (Å²) in [6.45, 7) is 3.70. The van der Waals surface area contributed by atoms with Gasteiger partial charge in [-0.05, 0) is 23.6 Å². The van der Waals surface area contributed by atoms with E-state index in [9.17, 15) is 5.11 Å². The first-order chi connectivity index (χ1) is 8.76. The maximum atomic E-state index is 9.66. The van der Waals surface area contributed by atoms with Crippen molar-refractivity contribution in [2.45, 2.75) is 6.42 Å². The van der Waals surface area contributed by atoms with Crippen LogP contribution in [0.5, 0.6) is 5.75 Å². The minimum atomic E-state index is 0.0187. The molecule has 1 N–H and O–H groups in total. The average Bonchev–Trinajstić information content (AvgIpc) is 2.40. The Morgan fingerprint density at radius 3 is 2.50 bits per heavy atom. The summed E-state index contributed by atoms with van der Waals surface area (Å²) in [6, 6.07) is 15.0. The van der Waals surface area contributed by atoms with Gasteiger partial charge in [0.05, 0.1) is 0 Å². The summed E-state index contributed by atoms with van der Waals surface area (Å²) < 4.78 is 0. The van der Waals surface area contributed by atoms with E-state index in [1.165, 1.54) is 11.6 Å². The normalized spacial score (nSPS) is 9.72. The van der Waals surface area contributed by atoms with Crippen LogP contribution in [0, 0.1) is 11.3 Å². The number of allylic oxidation sites excluding steroid dienone is 1. The van der Waals surface area contributed by atoms with Gasteiger partial charge >= 0.3 is 0 Å². The van der Waals surface area contributed by atoms with Gasteiger partial charge in [0.2, 0.25) is 0 Å². The zero-order chi connectivity index (χ0) is 13.0. The fraction of sp³-hybridized carbons (Fsp3) is 0.0625. The van der Waals surface area contributed by atoms with Gasteiger partial charge in [-0.3, -0.25) is 0 Å². The molecule has 0 aromatic heterocycles. The summed E-state index contributed by atoms with van der Waals surface area (Å²) in [6.07, 6.45) is 2.68. The molecule has 88 valence electrons. The van der Waals surface area contributed by atoms with E-state index >= 15 is 0 Å². The Labute approximate surface area is 106 Å². The van der Waals surface area contributed by atoms with Crippen LogP contribution in [0.2, 0.25) is 0 Å². The third-order valence-electron chi connectivity index (χ3n) is 2.80. The maximum Gasteiger partial charge on any atom is 0.133 e. The molecule has 2 nitrogen and oxygen atoms in total. The zero-order valence-electron chi connectivity index (χ0n) is 9.93. The first kappa shape index (κ1) is 11.9. The predicted octanol–water partition coefficient (Wildman–Crippen LogP) is 3.66. The molecule has 0 radical (unpaired) electrons. The molecule has 0 fully saturated rings. The Morgan fingerprint density at radius 2 is 1.89 bits per heavy atom. The van der Waals surface area contributed by atoms with Gasteiger partial charge < -0.3 is 5.11 Å². The molecule has 0 amide bonds. The highest BCUT2D eigenvalue weighted by atomic mass is 16.3. The van der Waals surface area contributed by atoms with Crippen LogP contribution in [-0.4, -0.2) is 5.11 Å². The van der Waals surface area contributed by atoms with Gasteiger partial charge in [0.15, 0.2) is 0 Å². The van der Waals surface area contributed by atoms with Crippen LogP contribution < -0.4 is 0 Å². The van der Waals surface area contributed by atoms with Gasteiger partial charge in [-0.25, -0.2) is 0 Å². The van der Waals surface area contributed by atoms with E-state index in [1.807, 2.05) is 42.5 Å². The molecule has 0 aliphatic heterocycles. The van der Waals surface area contributed by atoms with Crippen LogP contribution in [0.3, 0.4) is 0 Å². The molecule has 2 aromatic carbocycles. The molecule has 2 heteroatoms. The number of nitrogens with zero attached hydrogens (tertiary/aromatic N) is 1. The SMILES string of the molecule is C=CCc1ccc(-c2cccc(O)c2C#N)cc1. The lowest BCUT2D eigenvalue weighted by Gasteiger charge is -2.06. The molecular formula is C16H13NO. The van der Waals surface area contributed by atoms with Gasteiger partial charge in [0, 0.05) is 5.56 Å². The monoisotopic (exact) mass is 235 g/mol. The Balaban J connectivity index is 2.46. The molecule has 0 spiro atoms. The summed E-state index contributed by atoms with van der Waals surface area (Å²) >= 11 is 0. The maximum absolute atomic E-state index is 9.66. The molecule has 0 aliphatic carbocycles. The second kappa shape index (κ2) is 5.20. The minimum absolute atomic E-state index is 0.0187. The van der Waals surface area contributed by atoms with Gasteiger partial charge in [0.1, 0.15) is 17.4 Å². The quantitative estimate of drug-likeness (QED) is 0.825. The second-order valence-electron chi connectivity index (χ2n) is 4.00. The minimum Gasteiger partial charge on any atom is -0.507 e. The van der Waals surface area contributed by atoms with Gasteiger partial charge in [-0.1, -0.05) is 42.5 Å². The third kappa shape index (κ3) is 2.26. The molecule has 0 atom stereocenters. The van der Waals surface area contributed by atoms with Crippen molar-refractivity contribution in [3.63, 3.8) is 0 Å². The summed E-state index contributed by atoms with van der Waals surface area (Å²) in [5.74, 6) is 0.0187. The topological polar surface area (TPSA) is 44.0 Å². The lowest BCUT2D eigenvalue weighted by molar-refractivity contribution is 0.474. The van der Waals surface area contributed by atoms with Crippen molar-refractivity contribution < 1.29 is 5.11 Å². The van der Waals surface area contributed by atoms with Crippen LogP contribution in [0.25, 0.3) is 11.1 Å². The van der Waals surface area contributed by atoms with Crippen molar-refractivity contribution >= 4 is 0 Å². The Bertz CT molecular complexity index is 606. The number of rotatable bonds is 3. The number of phenolic OH excluding ortho intramolecular Hbond substituents is 1. The Morgan fingerprint density at radius 1 is 1.17 bits per heavy atom. The number of benzene rings is 2. The molecule has 0 saturated carbocycles. The van der Waals surface area contributed by atoms with Crippen molar-refractivity contribution in [1.29, 1.82) is 5.26 Å². The van der Waals surface area contributed by atoms with E-state index < -0.39 is 0 Å². The predicted molar refractivity (Wildman–Crippen MR) is 72.2 cm³/mol. The number of nitriles is 1. The molecule has 0 heterocycles. The van der Waals surface area contributed by atoms with Gasteiger partial charge in [0.25, 0.3) is 0 Å². The highest BCUT2D eigenvalue weighted by Crippen LogP contribution is 2.29. The van der Waals surface area contributed by atoms with E-state index in [4.69, 9.17) is 5.26 Å². The highest BCUT2D eigenvalue weighted by Gasteiger charge is 2.08. The second-order valence-corrected chi connectivity index (χ2v) is 4.00. The Kier molecular flexibility index (Phi) is 3.45. The molecular weight excluding hydrogens is 222 g/mol. The molecule has 2 rings (SSSR count). The first-order valence-corrected chi connectivity index (χ1v) is 5.68. The number of hydrogen-bond acceptors (Lipinski definition) is 2. The van der Waals surface area contributed by atoms with Crippen LogP contribution >= 0.6 is 0 Å². The van der Waals surface area contributed by atoms with E-state index in [1.54, 1.807) is 6.07 Å². The largest absolute Gasteiger partial charge is 0.507 e. The fourth-order valence-electron chi connectivity index (χ4n) is 1.89. The Hall–Kier alpha value is -2.53. The number of hydrogen-bond donors (Lipinski definition) is 1. The summed E-state index contributed by atoms with van der Waals surface area (Å²) in [4.78, 5) is 0. The highest BCUT2D eigenvalue weighted by molar-refractivity contribution is 5.73. The lowest BCUT2D eigenvalue weighted by atomic mass is 9.98.